The van der Waals surface area contributed by atoms with E-state index in [4.69, 9.17) is 0 Å². The van der Waals surface area contributed by atoms with E-state index in [1.807, 2.05) is 12.1 Å². The molecule has 4 nitrogen and oxygen atoms in total. The highest BCUT2D eigenvalue weighted by Crippen LogP contribution is 2.27. The highest BCUT2D eigenvalue weighted by molar-refractivity contribution is 7.98. The van der Waals surface area contributed by atoms with Gasteiger partial charge in [-0.2, -0.15) is 0 Å². The minimum Gasteiger partial charge on any atom is -0.508 e. The van der Waals surface area contributed by atoms with Crippen LogP contribution in [0.3, 0.4) is 0 Å². The van der Waals surface area contributed by atoms with E-state index >= 15 is 0 Å². The van der Waals surface area contributed by atoms with Gasteiger partial charge < -0.3 is 5.11 Å². The topological polar surface area (TPSA) is 50.9 Å². The molecule has 1 heterocycles. The smallest absolute Gasteiger partial charge is 0.196 e. The molecule has 130 valence electrons. The fourth-order valence-corrected chi connectivity index (χ4v) is 3.87. The molecule has 25 heavy (non-hydrogen) atoms. The standard InChI is InChI=1S/C20H23N3OS/c1-4-6-19-21-22-20(23(19)17-7-5-8-18(24)12-17)25-13-16-10-14(2)9-15(3)11-16/h5,7-12,24H,4,6,13H2,1-3H3. The average Bonchev–Trinajstić information content (AvgIpc) is 2.95. The molecule has 0 atom stereocenters. The van der Waals surface area contributed by atoms with Crippen molar-refractivity contribution < 1.29 is 5.11 Å². The highest BCUT2D eigenvalue weighted by Gasteiger charge is 2.14. The lowest BCUT2D eigenvalue weighted by atomic mass is 10.1. The summed E-state index contributed by atoms with van der Waals surface area (Å²) in [5, 5.41) is 19.5. The van der Waals surface area contributed by atoms with Gasteiger partial charge in [-0.05, 0) is 38.0 Å². The first-order valence-corrected chi connectivity index (χ1v) is 9.49. The lowest BCUT2D eigenvalue weighted by Crippen LogP contribution is -2.02. The normalized spacial score (nSPS) is 11.0. The van der Waals surface area contributed by atoms with Gasteiger partial charge in [0.25, 0.3) is 0 Å². The van der Waals surface area contributed by atoms with Gasteiger partial charge in [-0.25, -0.2) is 0 Å². The first-order chi connectivity index (χ1) is 12.1. The Hall–Kier alpha value is -2.27. The number of aromatic nitrogens is 3. The fraction of sp³-hybridized carbons (Fsp3) is 0.300. The number of hydrogen-bond acceptors (Lipinski definition) is 4. The molecule has 3 aromatic rings. The van der Waals surface area contributed by atoms with Crippen molar-refractivity contribution in [1.82, 2.24) is 14.8 Å². The fourth-order valence-electron chi connectivity index (χ4n) is 2.97. The summed E-state index contributed by atoms with van der Waals surface area (Å²) >= 11 is 1.67. The molecule has 2 aromatic carbocycles. The third-order valence-corrected chi connectivity index (χ3v) is 4.91. The van der Waals surface area contributed by atoms with Gasteiger partial charge in [0.1, 0.15) is 11.6 Å². The summed E-state index contributed by atoms with van der Waals surface area (Å²) in [6.07, 6.45) is 1.85. The van der Waals surface area contributed by atoms with Crippen LogP contribution in [0.1, 0.15) is 35.9 Å². The molecule has 0 unspecified atom stereocenters. The number of phenolic OH excluding ortho intramolecular Hbond substituents is 1. The van der Waals surface area contributed by atoms with E-state index < -0.39 is 0 Å². The van der Waals surface area contributed by atoms with E-state index in [1.165, 1.54) is 16.7 Å². The maximum Gasteiger partial charge on any atom is 0.196 e. The summed E-state index contributed by atoms with van der Waals surface area (Å²) in [6.45, 7) is 6.37. The Balaban J connectivity index is 1.91. The maximum atomic E-state index is 9.83. The van der Waals surface area contributed by atoms with Gasteiger partial charge in [-0.1, -0.05) is 54.1 Å². The van der Waals surface area contributed by atoms with Crippen LogP contribution in [0.5, 0.6) is 5.75 Å². The van der Waals surface area contributed by atoms with Crippen LogP contribution < -0.4 is 0 Å². The molecule has 5 heteroatoms. The molecular weight excluding hydrogens is 330 g/mol. The van der Waals surface area contributed by atoms with Crippen LogP contribution in [0.15, 0.2) is 47.6 Å². The van der Waals surface area contributed by atoms with Crippen LogP contribution in [0, 0.1) is 13.8 Å². The monoisotopic (exact) mass is 353 g/mol. The van der Waals surface area contributed by atoms with Crippen molar-refractivity contribution >= 4 is 11.8 Å². The van der Waals surface area contributed by atoms with Gasteiger partial charge in [-0.15, -0.1) is 10.2 Å². The molecule has 1 aromatic heterocycles. The Bertz CT molecular complexity index is 853. The molecule has 0 radical (unpaired) electrons. The molecule has 0 amide bonds. The van der Waals surface area contributed by atoms with Crippen molar-refractivity contribution in [3.05, 3.63) is 65.0 Å². The Morgan fingerprint density at radius 1 is 1.04 bits per heavy atom. The van der Waals surface area contributed by atoms with E-state index in [1.54, 1.807) is 23.9 Å². The zero-order valence-electron chi connectivity index (χ0n) is 14.9. The minimum atomic E-state index is 0.249. The van der Waals surface area contributed by atoms with Crippen LogP contribution in [0.4, 0.5) is 0 Å². The largest absolute Gasteiger partial charge is 0.508 e. The number of nitrogens with zero attached hydrogens (tertiary/aromatic N) is 3. The minimum absolute atomic E-state index is 0.249. The van der Waals surface area contributed by atoms with E-state index in [9.17, 15) is 5.11 Å². The quantitative estimate of drug-likeness (QED) is 0.645. The van der Waals surface area contributed by atoms with Gasteiger partial charge >= 0.3 is 0 Å². The number of phenols is 1. The summed E-state index contributed by atoms with van der Waals surface area (Å²) in [5.74, 6) is 2.01. The van der Waals surface area contributed by atoms with Gasteiger partial charge in [0.15, 0.2) is 5.16 Å². The van der Waals surface area contributed by atoms with Crippen molar-refractivity contribution in [2.75, 3.05) is 0 Å². The molecule has 0 spiro atoms. The molecular formula is C20H23N3OS. The summed E-state index contributed by atoms with van der Waals surface area (Å²) in [6, 6.07) is 13.9. The highest BCUT2D eigenvalue weighted by atomic mass is 32.2. The molecule has 0 saturated carbocycles. The van der Waals surface area contributed by atoms with Crippen LogP contribution in [0.25, 0.3) is 5.69 Å². The molecule has 3 rings (SSSR count). The number of benzene rings is 2. The zero-order chi connectivity index (χ0) is 17.8. The molecule has 1 N–H and O–H groups in total. The second-order valence-corrected chi connectivity index (χ2v) is 7.23. The SMILES string of the molecule is CCCc1nnc(SCc2cc(C)cc(C)c2)n1-c1cccc(O)c1. The predicted octanol–water partition coefficient (Wildman–Crippen LogP) is 4.83. The zero-order valence-corrected chi connectivity index (χ0v) is 15.7. The Morgan fingerprint density at radius 2 is 1.80 bits per heavy atom. The van der Waals surface area contributed by atoms with E-state index in [2.05, 4.69) is 53.7 Å². The second-order valence-electron chi connectivity index (χ2n) is 6.29. The lowest BCUT2D eigenvalue weighted by Gasteiger charge is -2.10. The Labute approximate surface area is 152 Å². The van der Waals surface area contributed by atoms with Gasteiger partial charge in [-0.3, -0.25) is 4.57 Å². The van der Waals surface area contributed by atoms with Crippen LogP contribution in [-0.2, 0) is 12.2 Å². The average molecular weight is 353 g/mol. The predicted molar refractivity (Wildman–Crippen MR) is 102 cm³/mol. The van der Waals surface area contributed by atoms with Crippen molar-refractivity contribution in [2.45, 2.75) is 44.5 Å². The van der Waals surface area contributed by atoms with Crippen molar-refractivity contribution in [3.63, 3.8) is 0 Å². The maximum absolute atomic E-state index is 9.83. The number of aromatic hydroxyl groups is 1. The molecule has 0 aliphatic heterocycles. The first-order valence-electron chi connectivity index (χ1n) is 8.50. The summed E-state index contributed by atoms with van der Waals surface area (Å²) < 4.78 is 2.05. The molecule has 0 aliphatic carbocycles. The first kappa shape index (κ1) is 17.5. The van der Waals surface area contributed by atoms with Gasteiger partial charge in [0.05, 0.1) is 5.69 Å². The Kier molecular flexibility index (Phi) is 5.43. The molecule has 0 fully saturated rings. The second kappa shape index (κ2) is 7.74. The van der Waals surface area contributed by atoms with Gasteiger partial charge in [0.2, 0.25) is 0 Å². The summed E-state index contributed by atoms with van der Waals surface area (Å²) in [4.78, 5) is 0. The van der Waals surface area contributed by atoms with Crippen molar-refractivity contribution in [3.8, 4) is 11.4 Å². The van der Waals surface area contributed by atoms with Crippen LogP contribution in [0.2, 0.25) is 0 Å². The third-order valence-electron chi connectivity index (χ3n) is 3.91. The third kappa shape index (κ3) is 4.23. The van der Waals surface area contributed by atoms with Crippen molar-refractivity contribution in [2.24, 2.45) is 0 Å². The number of hydrogen-bond donors (Lipinski definition) is 1. The van der Waals surface area contributed by atoms with Crippen molar-refractivity contribution in [1.29, 1.82) is 0 Å². The lowest BCUT2D eigenvalue weighted by molar-refractivity contribution is 0.475. The molecule has 0 bridgehead atoms. The van der Waals surface area contributed by atoms with Crippen LogP contribution >= 0.6 is 11.8 Å². The van der Waals surface area contributed by atoms with Crippen LogP contribution in [-0.4, -0.2) is 19.9 Å². The number of aryl methyl sites for hydroxylation is 3. The van der Waals surface area contributed by atoms with E-state index in [0.717, 1.165) is 35.3 Å². The summed E-state index contributed by atoms with van der Waals surface area (Å²) in [7, 11) is 0. The van der Waals surface area contributed by atoms with E-state index in [0.29, 0.717) is 0 Å². The number of rotatable bonds is 6. The number of thioether (sulfide) groups is 1. The van der Waals surface area contributed by atoms with E-state index in [-0.39, 0.29) is 5.75 Å². The Morgan fingerprint density at radius 3 is 2.48 bits per heavy atom. The molecule has 0 aliphatic rings. The summed E-state index contributed by atoms with van der Waals surface area (Å²) in [5.41, 5.74) is 4.73. The molecule has 0 saturated heterocycles. The van der Waals surface area contributed by atoms with Gasteiger partial charge in [0, 0.05) is 18.2 Å².